The lowest BCUT2D eigenvalue weighted by Gasteiger charge is -2.17. The van der Waals surface area contributed by atoms with Gasteiger partial charge in [0.05, 0.1) is 0 Å². The molecule has 0 atom stereocenters. The predicted molar refractivity (Wildman–Crippen MR) is 95.9 cm³/mol. The molecule has 1 aromatic heterocycles. The Hall–Kier alpha value is -0.680. The van der Waals surface area contributed by atoms with Crippen molar-refractivity contribution < 1.29 is 0 Å². The molecule has 2 rings (SSSR count). The van der Waals surface area contributed by atoms with Crippen LogP contribution in [0.15, 0.2) is 40.2 Å². The Labute approximate surface area is 140 Å². The highest BCUT2D eigenvalue weighted by molar-refractivity contribution is 9.10. The first-order valence-corrected chi connectivity index (χ1v) is 9.05. The molecule has 0 aliphatic rings. The van der Waals surface area contributed by atoms with Gasteiger partial charge >= 0.3 is 0 Å². The molecule has 0 saturated carbocycles. The second kappa shape index (κ2) is 8.69. The number of benzene rings is 1. The second-order valence-corrected chi connectivity index (χ2v) is 7.16. The van der Waals surface area contributed by atoms with Crippen LogP contribution < -0.4 is 5.32 Å². The normalized spacial score (nSPS) is 11.2. The molecule has 21 heavy (non-hydrogen) atoms. The van der Waals surface area contributed by atoms with Crippen molar-refractivity contribution in [3.05, 3.63) is 56.2 Å². The summed E-state index contributed by atoms with van der Waals surface area (Å²) in [5, 5.41) is 5.51. The molecule has 1 heterocycles. The maximum Gasteiger partial charge on any atom is 0.0242 e. The number of halogens is 1. The van der Waals surface area contributed by atoms with Gasteiger partial charge in [-0.2, -0.15) is 0 Å². The summed E-state index contributed by atoms with van der Waals surface area (Å²) in [6.07, 6.45) is 1.13. The molecule has 0 unspecified atom stereocenters. The lowest BCUT2D eigenvalue weighted by atomic mass is 10.1. The summed E-state index contributed by atoms with van der Waals surface area (Å²) in [7, 11) is 2.19. The fraction of sp³-hybridized carbons (Fsp3) is 0.412. The number of thiophene rings is 1. The van der Waals surface area contributed by atoms with Crippen LogP contribution in [-0.2, 0) is 19.5 Å². The van der Waals surface area contributed by atoms with Gasteiger partial charge in [0.15, 0.2) is 0 Å². The minimum absolute atomic E-state index is 0.934. The average Bonchev–Trinajstić information content (AvgIpc) is 2.99. The third-order valence-corrected chi connectivity index (χ3v) is 5.13. The van der Waals surface area contributed by atoms with Gasteiger partial charge in [-0.3, -0.25) is 0 Å². The van der Waals surface area contributed by atoms with Crippen LogP contribution in [0.25, 0.3) is 0 Å². The Morgan fingerprint density at radius 1 is 1.29 bits per heavy atom. The van der Waals surface area contributed by atoms with E-state index in [0.717, 1.165) is 32.6 Å². The number of nitrogens with zero attached hydrogens (tertiary/aromatic N) is 1. The Kier molecular flexibility index (Phi) is 6.90. The summed E-state index contributed by atoms with van der Waals surface area (Å²) in [5.74, 6) is 0. The monoisotopic (exact) mass is 366 g/mol. The van der Waals surface area contributed by atoms with Gasteiger partial charge in [-0.1, -0.05) is 41.1 Å². The molecule has 1 aromatic carbocycles. The molecule has 1 N–H and O–H groups in total. The van der Waals surface area contributed by atoms with Crippen LogP contribution in [0.2, 0.25) is 0 Å². The Balaban J connectivity index is 1.86. The van der Waals surface area contributed by atoms with E-state index in [4.69, 9.17) is 0 Å². The third-order valence-electron chi connectivity index (χ3n) is 3.46. The molecule has 0 aliphatic heterocycles. The highest BCUT2D eigenvalue weighted by Crippen LogP contribution is 2.20. The number of likely N-dealkylation sites (N-methyl/N-ethyl adjacent to an activating group) is 1. The topological polar surface area (TPSA) is 15.3 Å². The first-order valence-electron chi connectivity index (χ1n) is 7.38. The SMILES string of the molecule is CCNCc1ccc(CN(C)CCc2cccs2)c(Br)c1. The summed E-state index contributed by atoms with van der Waals surface area (Å²) in [5.41, 5.74) is 2.68. The van der Waals surface area contributed by atoms with Gasteiger partial charge < -0.3 is 10.2 Å². The fourth-order valence-electron chi connectivity index (χ4n) is 2.22. The molecular weight excluding hydrogens is 344 g/mol. The van der Waals surface area contributed by atoms with Crippen LogP contribution in [-0.4, -0.2) is 25.0 Å². The minimum atomic E-state index is 0.934. The van der Waals surface area contributed by atoms with Crippen molar-refractivity contribution in [3.8, 4) is 0 Å². The number of hydrogen-bond acceptors (Lipinski definition) is 3. The maximum atomic E-state index is 3.70. The fourth-order valence-corrected chi connectivity index (χ4v) is 3.47. The second-order valence-electron chi connectivity index (χ2n) is 5.27. The zero-order chi connectivity index (χ0) is 15.1. The zero-order valence-electron chi connectivity index (χ0n) is 12.7. The van der Waals surface area contributed by atoms with Gasteiger partial charge in [-0.15, -0.1) is 11.3 Å². The first kappa shape index (κ1) is 16.7. The summed E-state index contributed by atoms with van der Waals surface area (Å²) in [4.78, 5) is 3.84. The van der Waals surface area contributed by atoms with Crippen molar-refractivity contribution in [2.75, 3.05) is 20.1 Å². The van der Waals surface area contributed by atoms with Crippen LogP contribution in [0.5, 0.6) is 0 Å². The first-order chi connectivity index (χ1) is 10.2. The van der Waals surface area contributed by atoms with Crippen molar-refractivity contribution in [1.82, 2.24) is 10.2 Å². The summed E-state index contributed by atoms with van der Waals surface area (Å²) < 4.78 is 1.21. The van der Waals surface area contributed by atoms with Gasteiger partial charge in [0.25, 0.3) is 0 Å². The van der Waals surface area contributed by atoms with Crippen molar-refractivity contribution >= 4 is 27.3 Å². The molecule has 4 heteroatoms. The van der Waals surface area contributed by atoms with Crippen LogP contribution in [0.1, 0.15) is 22.9 Å². The van der Waals surface area contributed by atoms with E-state index in [1.807, 2.05) is 11.3 Å². The van der Waals surface area contributed by atoms with Gasteiger partial charge in [-0.25, -0.2) is 0 Å². The van der Waals surface area contributed by atoms with Crippen molar-refractivity contribution in [2.24, 2.45) is 0 Å². The third kappa shape index (κ3) is 5.55. The highest BCUT2D eigenvalue weighted by Gasteiger charge is 2.06. The van der Waals surface area contributed by atoms with Crippen molar-refractivity contribution in [2.45, 2.75) is 26.4 Å². The molecule has 0 bridgehead atoms. The summed E-state index contributed by atoms with van der Waals surface area (Å²) in [6.45, 7) is 6.14. The van der Waals surface area contributed by atoms with Crippen molar-refractivity contribution in [1.29, 1.82) is 0 Å². The van der Waals surface area contributed by atoms with E-state index in [-0.39, 0.29) is 0 Å². The molecular formula is C17H23BrN2S. The van der Waals surface area contributed by atoms with E-state index < -0.39 is 0 Å². The molecule has 0 fully saturated rings. The smallest absolute Gasteiger partial charge is 0.0242 e. The van der Waals surface area contributed by atoms with E-state index in [0.29, 0.717) is 0 Å². The minimum Gasteiger partial charge on any atom is -0.313 e. The molecule has 0 spiro atoms. The average molecular weight is 367 g/mol. The summed E-state index contributed by atoms with van der Waals surface area (Å²) in [6, 6.07) is 11.0. The van der Waals surface area contributed by atoms with Gasteiger partial charge in [0.2, 0.25) is 0 Å². The quantitative estimate of drug-likeness (QED) is 0.749. The standard InChI is InChI=1S/C17H23BrN2S/c1-3-19-12-14-6-7-15(17(18)11-14)13-20(2)9-8-16-5-4-10-21-16/h4-7,10-11,19H,3,8-9,12-13H2,1-2H3. The van der Waals surface area contributed by atoms with Gasteiger partial charge in [0.1, 0.15) is 0 Å². The van der Waals surface area contributed by atoms with Crippen molar-refractivity contribution in [3.63, 3.8) is 0 Å². The Morgan fingerprint density at radius 2 is 2.14 bits per heavy atom. The Morgan fingerprint density at radius 3 is 2.81 bits per heavy atom. The molecule has 0 radical (unpaired) electrons. The lowest BCUT2D eigenvalue weighted by molar-refractivity contribution is 0.331. The molecule has 2 aromatic rings. The maximum absolute atomic E-state index is 3.70. The van der Waals surface area contributed by atoms with Gasteiger partial charge in [-0.05, 0) is 48.7 Å². The molecule has 114 valence electrons. The number of nitrogens with one attached hydrogen (secondary N) is 1. The predicted octanol–water partition coefficient (Wildman–Crippen LogP) is 4.29. The van der Waals surface area contributed by atoms with E-state index >= 15 is 0 Å². The molecule has 0 amide bonds. The van der Waals surface area contributed by atoms with Crippen LogP contribution in [0, 0.1) is 0 Å². The Bertz CT molecular complexity index is 540. The van der Waals surface area contributed by atoms with E-state index in [1.54, 1.807) is 0 Å². The molecule has 0 aliphatic carbocycles. The molecule has 2 nitrogen and oxygen atoms in total. The number of hydrogen-bond donors (Lipinski definition) is 1. The summed E-state index contributed by atoms with van der Waals surface area (Å²) >= 11 is 5.55. The van der Waals surface area contributed by atoms with E-state index in [9.17, 15) is 0 Å². The lowest BCUT2D eigenvalue weighted by Crippen LogP contribution is -2.20. The van der Waals surface area contributed by atoms with E-state index in [2.05, 4.69) is 75.8 Å². The van der Waals surface area contributed by atoms with Crippen LogP contribution in [0.3, 0.4) is 0 Å². The van der Waals surface area contributed by atoms with E-state index in [1.165, 1.54) is 20.5 Å². The number of rotatable bonds is 8. The molecule has 0 saturated heterocycles. The van der Waals surface area contributed by atoms with Crippen LogP contribution in [0.4, 0.5) is 0 Å². The van der Waals surface area contributed by atoms with Gasteiger partial charge in [0, 0.05) is 29.0 Å². The largest absolute Gasteiger partial charge is 0.313 e. The zero-order valence-corrected chi connectivity index (χ0v) is 15.1. The highest BCUT2D eigenvalue weighted by atomic mass is 79.9. The van der Waals surface area contributed by atoms with Crippen LogP contribution >= 0.6 is 27.3 Å².